The normalized spacial score (nSPS) is 11.0. The quantitative estimate of drug-likeness (QED) is 0.604. The molecule has 23 heavy (non-hydrogen) atoms. The van der Waals surface area contributed by atoms with Gasteiger partial charge in [0, 0.05) is 11.1 Å². The Morgan fingerprint density at radius 2 is 1.87 bits per heavy atom. The third-order valence-corrected chi connectivity index (χ3v) is 3.54. The Balaban J connectivity index is 1.81. The fourth-order valence-electron chi connectivity index (χ4n) is 2.42. The zero-order valence-electron chi connectivity index (χ0n) is 11.8. The molecular formula is C16H11N5O2. The van der Waals surface area contributed by atoms with Gasteiger partial charge >= 0.3 is 5.97 Å². The van der Waals surface area contributed by atoms with E-state index in [2.05, 4.69) is 20.5 Å². The molecule has 2 aromatic carbocycles. The third-order valence-electron chi connectivity index (χ3n) is 3.54. The molecule has 0 saturated heterocycles. The van der Waals surface area contributed by atoms with Crippen LogP contribution in [0.1, 0.15) is 10.4 Å². The van der Waals surface area contributed by atoms with Gasteiger partial charge in [-0.3, -0.25) is 4.40 Å². The molecule has 7 heteroatoms. The second-order valence-corrected chi connectivity index (χ2v) is 4.98. The molecule has 0 saturated carbocycles. The molecule has 2 N–H and O–H groups in total. The average molecular weight is 305 g/mol. The first-order valence-electron chi connectivity index (χ1n) is 6.91. The van der Waals surface area contributed by atoms with Crippen LogP contribution in [0.4, 0.5) is 11.6 Å². The van der Waals surface area contributed by atoms with Crippen LogP contribution in [0.3, 0.4) is 0 Å². The van der Waals surface area contributed by atoms with Gasteiger partial charge in [-0.1, -0.05) is 12.1 Å². The first kappa shape index (κ1) is 13.2. The van der Waals surface area contributed by atoms with Gasteiger partial charge in [-0.05, 0) is 36.4 Å². The molecule has 0 atom stereocenters. The van der Waals surface area contributed by atoms with Crippen LogP contribution in [0.5, 0.6) is 0 Å². The zero-order valence-corrected chi connectivity index (χ0v) is 11.8. The third kappa shape index (κ3) is 2.24. The highest BCUT2D eigenvalue weighted by Crippen LogP contribution is 2.22. The highest BCUT2D eigenvalue weighted by molar-refractivity contribution is 5.92. The number of carbonyl (C=O) groups is 1. The van der Waals surface area contributed by atoms with Gasteiger partial charge in [0.1, 0.15) is 6.33 Å². The van der Waals surface area contributed by atoms with Gasteiger partial charge in [0.25, 0.3) is 0 Å². The Hall–Kier alpha value is -3.48. The largest absolute Gasteiger partial charge is 0.478 e. The summed E-state index contributed by atoms with van der Waals surface area (Å²) in [5, 5.41) is 21.1. The Kier molecular flexibility index (Phi) is 2.90. The summed E-state index contributed by atoms with van der Waals surface area (Å²) < 4.78 is 1.76. The van der Waals surface area contributed by atoms with Gasteiger partial charge in [0.2, 0.25) is 5.95 Å². The maximum Gasteiger partial charge on any atom is 0.335 e. The van der Waals surface area contributed by atoms with Crippen LogP contribution in [0.2, 0.25) is 0 Å². The van der Waals surface area contributed by atoms with Crippen LogP contribution >= 0.6 is 0 Å². The predicted molar refractivity (Wildman–Crippen MR) is 85.0 cm³/mol. The molecule has 0 fully saturated rings. The van der Waals surface area contributed by atoms with Gasteiger partial charge in [-0.2, -0.15) is 0 Å². The number of hydrogen-bond acceptors (Lipinski definition) is 5. The Bertz CT molecular complexity index is 1020. The molecule has 2 heterocycles. The van der Waals surface area contributed by atoms with Crippen molar-refractivity contribution >= 4 is 34.2 Å². The highest BCUT2D eigenvalue weighted by Gasteiger charge is 2.10. The molecule has 4 rings (SSSR count). The molecule has 0 bridgehead atoms. The lowest BCUT2D eigenvalue weighted by Gasteiger charge is -2.09. The highest BCUT2D eigenvalue weighted by atomic mass is 16.4. The summed E-state index contributed by atoms with van der Waals surface area (Å²) in [4.78, 5) is 15.5. The zero-order chi connectivity index (χ0) is 15.8. The predicted octanol–water partition coefficient (Wildman–Crippen LogP) is 2.72. The number of hydrogen-bond donors (Lipinski definition) is 2. The van der Waals surface area contributed by atoms with Crippen molar-refractivity contribution in [1.82, 2.24) is 19.6 Å². The molecule has 0 aliphatic heterocycles. The van der Waals surface area contributed by atoms with Crippen LogP contribution in [-0.2, 0) is 0 Å². The van der Waals surface area contributed by atoms with E-state index in [1.165, 1.54) is 12.1 Å². The molecule has 0 unspecified atom stereocenters. The van der Waals surface area contributed by atoms with Crippen molar-refractivity contribution < 1.29 is 9.90 Å². The Labute approximate surface area is 130 Å². The van der Waals surface area contributed by atoms with Gasteiger partial charge < -0.3 is 10.4 Å². The van der Waals surface area contributed by atoms with Crippen molar-refractivity contribution in [1.29, 1.82) is 0 Å². The number of anilines is 2. The second-order valence-electron chi connectivity index (χ2n) is 4.98. The monoisotopic (exact) mass is 305 g/mol. The van der Waals surface area contributed by atoms with E-state index in [1.807, 2.05) is 24.3 Å². The van der Waals surface area contributed by atoms with E-state index in [-0.39, 0.29) is 5.56 Å². The number of rotatable bonds is 3. The van der Waals surface area contributed by atoms with E-state index in [0.717, 1.165) is 16.6 Å². The van der Waals surface area contributed by atoms with E-state index in [0.29, 0.717) is 11.6 Å². The number of benzene rings is 2. The number of para-hydroxylation sites is 1. The molecule has 0 radical (unpaired) electrons. The summed E-state index contributed by atoms with van der Waals surface area (Å²) in [6, 6.07) is 14.1. The van der Waals surface area contributed by atoms with E-state index >= 15 is 0 Å². The summed E-state index contributed by atoms with van der Waals surface area (Å²) in [5.41, 5.74) is 2.47. The fraction of sp³-hybridized carbons (Fsp3) is 0. The minimum absolute atomic E-state index is 0.233. The number of nitrogens with zero attached hydrogens (tertiary/aromatic N) is 4. The molecule has 0 amide bonds. The molecule has 0 aliphatic rings. The number of aromatic carboxylic acids is 1. The first-order valence-corrected chi connectivity index (χ1v) is 6.91. The minimum atomic E-state index is -0.957. The van der Waals surface area contributed by atoms with Crippen molar-refractivity contribution in [2.45, 2.75) is 0 Å². The van der Waals surface area contributed by atoms with Gasteiger partial charge in [0.15, 0.2) is 5.65 Å². The lowest BCUT2D eigenvalue weighted by molar-refractivity contribution is 0.0697. The van der Waals surface area contributed by atoms with Crippen LogP contribution in [0, 0.1) is 0 Å². The summed E-state index contributed by atoms with van der Waals surface area (Å²) in [7, 11) is 0. The maximum absolute atomic E-state index is 10.9. The molecule has 112 valence electrons. The summed E-state index contributed by atoms with van der Waals surface area (Å²) in [5.74, 6) is -0.395. The number of aromatic nitrogens is 4. The molecule has 2 aromatic heterocycles. The standard InChI is InChI=1S/C16H11N5O2/c22-15(23)10-5-7-11(8-6-10)18-16-19-13-4-2-1-3-12(13)14-20-17-9-21(14)16/h1-9H,(H,18,19)(H,22,23). The summed E-state index contributed by atoms with van der Waals surface area (Å²) in [6.07, 6.45) is 1.59. The van der Waals surface area contributed by atoms with Crippen molar-refractivity contribution in [2.24, 2.45) is 0 Å². The number of carboxylic acids is 1. The van der Waals surface area contributed by atoms with Crippen LogP contribution in [0.15, 0.2) is 54.9 Å². The lowest BCUT2D eigenvalue weighted by Crippen LogP contribution is -2.02. The van der Waals surface area contributed by atoms with E-state index in [9.17, 15) is 4.79 Å². The second kappa shape index (κ2) is 5.06. The van der Waals surface area contributed by atoms with Crippen LogP contribution < -0.4 is 5.32 Å². The summed E-state index contributed by atoms with van der Waals surface area (Å²) >= 11 is 0. The van der Waals surface area contributed by atoms with E-state index in [1.54, 1.807) is 22.9 Å². The van der Waals surface area contributed by atoms with E-state index < -0.39 is 5.97 Å². The molecule has 7 nitrogen and oxygen atoms in total. The Morgan fingerprint density at radius 3 is 2.65 bits per heavy atom. The van der Waals surface area contributed by atoms with E-state index in [4.69, 9.17) is 5.11 Å². The fourth-order valence-corrected chi connectivity index (χ4v) is 2.42. The Morgan fingerprint density at radius 1 is 1.09 bits per heavy atom. The number of nitrogens with one attached hydrogen (secondary N) is 1. The topological polar surface area (TPSA) is 92.4 Å². The molecular weight excluding hydrogens is 294 g/mol. The van der Waals surface area contributed by atoms with Gasteiger partial charge in [-0.15, -0.1) is 10.2 Å². The average Bonchev–Trinajstić information content (AvgIpc) is 3.06. The molecule has 0 aliphatic carbocycles. The summed E-state index contributed by atoms with van der Waals surface area (Å²) in [6.45, 7) is 0. The lowest BCUT2D eigenvalue weighted by atomic mass is 10.2. The van der Waals surface area contributed by atoms with Crippen molar-refractivity contribution in [2.75, 3.05) is 5.32 Å². The van der Waals surface area contributed by atoms with Gasteiger partial charge in [0.05, 0.1) is 11.1 Å². The SMILES string of the molecule is O=C(O)c1ccc(Nc2nc3ccccc3c3nncn23)cc1. The molecule has 0 spiro atoms. The maximum atomic E-state index is 10.9. The van der Waals surface area contributed by atoms with Crippen molar-refractivity contribution in [3.8, 4) is 0 Å². The first-order chi connectivity index (χ1) is 11.2. The van der Waals surface area contributed by atoms with Crippen LogP contribution in [0.25, 0.3) is 16.6 Å². The van der Waals surface area contributed by atoms with Crippen LogP contribution in [-0.4, -0.2) is 30.7 Å². The van der Waals surface area contributed by atoms with Crippen molar-refractivity contribution in [3.63, 3.8) is 0 Å². The van der Waals surface area contributed by atoms with Gasteiger partial charge in [-0.25, -0.2) is 9.78 Å². The molecule has 4 aromatic rings. The number of carboxylic acid groups (broad SMARTS) is 1. The minimum Gasteiger partial charge on any atom is -0.478 e. The van der Waals surface area contributed by atoms with Crippen molar-refractivity contribution in [3.05, 3.63) is 60.4 Å². The number of fused-ring (bicyclic) bond motifs is 3. The smallest absolute Gasteiger partial charge is 0.335 e.